The molecule has 3 aromatic heterocycles. The number of benzene rings is 1. The van der Waals surface area contributed by atoms with Crippen LogP contribution in [0, 0.1) is 6.92 Å². The molecule has 4 rings (SSSR count). The molecule has 0 saturated heterocycles. The number of nitrogens with one attached hydrogen (secondary N) is 1. The Hall–Kier alpha value is -3.94. The van der Waals surface area contributed by atoms with Crippen molar-refractivity contribution in [3.05, 3.63) is 88.5 Å². The maximum absolute atomic E-state index is 13.1. The van der Waals surface area contributed by atoms with Crippen molar-refractivity contribution in [2.45, 2.75) is 13.5 Å². The minimum atomic E-state index is -0.452. The van der Waals surface area contributed by atoms with E-state index in [4.69, 9.17) is 4.74 Å². The van der Waals surface area contributed by atoms with E-state index in [1.165, 1.54) is 11.7 Å². The number of carbonyl (C=O) groups is 1. The Kier molecular flexibility index (Phi) is 4.82. The third kappa shape index (κ3) is 3.47. The Morgan fingerprint density at radius 1 is 1.21 bits per heavy atom. The van der Waals surface area contributed by atoms with Crippen molar-refractivity contribution < 1.29 is 9.53 Å². The number of carbonyl (C=O) groups excluding carboxylic acids is 1. The number of fused-ring (bicyclic) bond motifs is 1. The topological polar surface area (TPSA) is 90.5 Å². The molecule has 0 aliphatic rings. The van der Waals surface area contributed by atoms with Crippen LogP contribution in [0.5, 0.6) is 5.75 Å². The van der Waals surface area contributed by atoms with E-state index in [9.17, 15) is 9.59 Å². The zero-order chi connectivity index (χ0) is 20.4. The fourth-order valence-corrected chi connectivity index (χ4v) is 3.16. The summed E-state index contributed by atoms with van der Waals surface area (Å²) in [6, 6.07) is 8.89. The van der Waals surface area contributed by atoms with Gasteiger partial charge < -0.3 is 14.5 Å². The van der Waals surface area contributed by atoms with Crippen LogP contribution in [-0.4, -0.2) is 32.0 Å². The van der Waals surface area contributed by atoms with Gasteiger partial charge in [0.05, 0.1) is 31.2 Å². The lowest BCUT2D eigenvalue weighted by atomic mass is 10.1. The first-order valence-electron chi connectivity index (χ1n) is 9.00. The van der Waals surface area contributed by atoms with Crippen molar-refractivity contribution in [1.82, 2.24) is 24.3 Å². The van der Waals surface area contributed by atoms with Gasteiger partial charge in [0.25, 0.3) is 11.5 Å². The monoisotopic (exact) mass is 389 g/mol. The molecule has 0 saturated carbocycles. The van der Waals surface area contributed by atoms with E-state index in [2.05, 4.69) is 15.3 Å². The number of rotatable bonds is 5. The molecule has 0 fully saturated rings. The van der Waals surface area contributed by atoms with Crippen LogP contribution in [0.15, 0.2) is 66.1 Å². The van der Waals surface area contributed by atoms with Gasteiger partial charge in [-0.25, -0.2) is 4.98 Å². The fourth-order valence-electron chi connectivity index (χ4n) is 3.16. The maximum atomic E-state index is 13.1. The van der Waals surface area contributed by atoms with E-state index in [0.717, 1.165) is 0 Å². The summed E-state index contributed by atoms with van der Waals surface area (Å²) < 4.78 is 8.57. The summed E-state index contributed by atoms with van der Waals surface area (Å²) in [4.78, 5) is 34.3. The fraction of sp³-hybridized carbons (Fsp3) is 0.143. The van der Waals surface area contributed by atoms with E-state index < -0.39 is 11.5 Å². The van der Waals surface area contributed by atoms with Crippen LogP contribution in [0.2, 0.25) is 0 Å². The Morgan fingerprint density at radius 2 is 2.03 bits per heavy atom. The van der Waals surface area contributed by atoms with Crippen LogP contribution in [0.25, 0.3) is 11.3 Å². The third-order valence-corrected chi connectivity index (χ3v) is 4.62. The lowest BCUT2D eigenvalue weighted by Crippen LogP contribution is -2.33. The molecule has 1 amide bonds. The summed E-state index contributed by atoms with van der Waals surface area (Å²) in [5.74, 6) is 0.0926. The normalized spacial score (nSPS) is 10.8. The lowest BCUT2D eigenvalue weighted by molar-refractivity contribution is 0.0948. The third-order valence-electron chi connectivity index (χ3n) is 4.62. The number of ether oxygens (including phenoxy) is 1. The van der Waals surface area contributed by atoms with Crippen molar-refractivity contribution in [3.8, 4) is 11.4 Å². The highest BCUT2D eigenvalue weighted by Crippen LogP contribution is 2.21. The second kappa shape index (κ2) is 7.59. The molecule has 0 atom stereocenters. The number of nitrogens with zero attached hydrogens (tertiary/aromatic N) is 4. The first-order chi connectivity index (χ1) is 14.1. The molecule has 0 bridgehead atoms. The van der Waals surface area contributed by atoms with Gasteiger partial charge in [-0.2, -0.15) is 0 Å². The number of hydrogen-bond acceptors (Lipinski definition) is 5. The van der Waals surface area contributed by atoms with Gasteiger partial charge in [0, 0.05) is 24.8 Å². The van der Waals surface area contributed by atoms with Crippen molar-refractivity contribution in [2.24, 2.45) is 0 Å². The number of para-hydroxylation sites is 2. The van der Waals surface area contributed by atoms with Crippen LogP contribution in [0.3, 0.4) is 0 Å². The molecule has 0 aliphatic carbocycles. The minimum Gasteiger partial charge on any atom is -0.495 e. The van der Waals surface area contributed by atoms with Crippen LogP contribution < -0.4 is 15.6 Å². The predicted octanol–water partition coefficient (Wildman–Crippen LogP) is 2.13. The molecular weight excluding hydrogens is 370 g/mol. The van der Waals surface area contributed by atoms with Crippen molar-refractivity contribution >= 4 is 11.6 Å². The summed E-state index contributed by atoms with van der Waals surface area (Å²) in [6.45, 7) is 1.93. The van der Waals surface area contributed by atoms with Gasteiger partial charge in [0.15, 0.2) is 5.65 Å². The molecule has 8 nitrogen and oxygen atoms in total. The molecule has 146 valence electrons. The van der Waals surface area contributed by atoms with Gasteiger partial charge in [0.2, 0.25) is 0 Å². The van der Waals surface area contributed by atoms with Crippen LogP contribution in [-0.2, 0) is 6.54 Å². The lowest BCUT2D eigenvalue weighted by Gasteiger charge is -2.13. The zero-order valence-corrected chi connectivity index (χ0v) is 16.0. The van der Waals surface area contributed by atoms with Gasteiger partial charge in [-0.1, -0.05) is 12.1 Å². The van der Waals surface area contributed by atoms with Crippen LogP contribution >= 0.6 is 0 Å². The summed E-state index contributed by atoms with van der Waals surface area (Å²) >= 11 is 0. The number of amides is 1. The Morgan fingerprint density at radius 3 is 2.83 bits per heavy atom. The highest BCUT2D eigenvalue weighted by molar-refractivity contribution is 5.95. The molecule has 0 aliphatic heterocycles. The number of hydrogen-bond donors (Lipinski definition) is 1. The minimum absolute atomic E-state index is 0.0869. The van der Waals surface area contributed by atoms with Gasteiger partial charge in [-0.05, 0) is 30.7 Å². The molecule has 3 heterocycles. The van der Waals surface area contributed by atoms with Crippen molar-refractivity contribution in [2.75, 3.05) is 7.11 Å². The van der Waals surface area contributed by atoms with E-state index in [1.54, 1.807) is 49.9 Å². The average Bonchev–Trinajstić information content (AvgIpc) is 3.15. The first-order valence-corrected chi connectivity index (χ1v) is 9.00. The van der Waals surface area contributed by atoms with Gasteiger partial charge in [0.1, 0.15) is 11.3 Å². The van der Waals surface area contributed by atoms with E-state index >= 15 is 0 Å². The predicted molar refractivity (Wildman–Crippen MR) is 107 cm³/mol. The molecule has 0 radical (unpaired) electrons. The van der Waals surface area contributed by atoms with Crippen LogP contribution in [0.1, 0.15) is 21.6 Å². The summed E-state index contributed by atoms with van der Waals surface area (Å²) in [5, 5.41) is 2.79. The van der Waals surface area contributed by atoms with Crippen molar-refractivity contribution in [1.29, 1.82) is 0 Å². The van der Waals surface area contributed by atoms with E-state index in [-0.39, 0.29) is 12.1 Å². The van der Waals surface area contributed by atoms with Gasteiger partial charge in [-0.3, -0.25) is 19.1 Å². The summed E-state index contributed by atoms with van der Waals surface area (Å²) in [6.07, 6.45) is 8.52. The SMILES string of the molecule is COc1ccccc1-n1ccc(C)c(C(=O)NCc2cn3ccncc3n2)c1=O. The standard InChI is InChI=1S/C21H19N5O3/c1-14-7-9-26(16-5-3-4-6-17(16)29-2)21(28)19(14)20(27)23-11-15-13-25-10-8-22-12-18(25)24-15/h3-10,12-13H,11H2,1-2H3,(H,23,27). The molecular formula is C21H19N5O3. The Balaban J connectivity index is 1.63. The Bertz CT molecular complexity index is 1230. The van der Waals surface area contributed by atoms with Gasteiger partial charge in [-0.15, -0.1) is 0 Å². The number of methoxy groups -OCH3 is 1. The smallest absolute Gasteiger partial charge is 0.268 e. The molecule has 0 unspecified atom stereocenters. The van der Waals surface area contributed by atoms with Crippen molar-refractivity contribution in [3.63, 3.8) is 0 Å². The molecule has 29 heavy (non-hydrogen) atoms. The molecule has 0 spiro atoms. The largest absolute Gasteiger partial charge is 0.495 e. The zero-order valence-electron chi connectivity index (χ0n) is 16.0. The number of aromatic nitrogens is 4. The molecule has 8 heteroatoms. The molecule has 4 aromatic rings. The summed E-state index contributed by atoms with van der Waals surface area (Å²) in [5.41, 5.74) is 2.20. The highest BCUT2D eigenvalue weighted by Gasteiger charge is 2.18. The number of imidazole rings is 1. The van der Waals surface area contributed by atoms with Crippen LogP contribution in [0.4, 0.5) is 0 Å². The molecule has 1 aromatic carbocycles. The summed E-state index contributed by atoms with van der Waals surface area (Å²) in [7, 11) is 1.54. The van der Waals surface area contributed by atoms with E-state index in [0.29, 0.717) is 28.3 Å². The number of aryl methyl sites for hydroxylation is 1. The second-order valence-corrected chi connectivity index (χ2v) is 6.48. The second-order valence-electron chi connectivity index (χ2n) is 6.48. The maximum Gasteiger partial charge on any atom is 0.268 e. The molecule has 1 N–H and O–H groups in total. The average molecular weight is 389 g/mol. The number of pyridine rings is 1. The Labute approximate surface area is 166 Å². The first kappa shape index (κ1) is 18.4. The van der Waals surface area contributed by atoms with E-state index in [1.807, 2.05) is 22.7 Å². The quantitative estimate of drug-likeness (QED) is 0.565. The van der Waals surface area contributed by atoms with Gasteiger partial charge >= 0.3 is 0 Å². The highest BCUT2D eigenvalue weighted by atomic mass is 16.5.